The summed E-state index contributed by atoms with van der Waals surface area (Å²) < 4.78 is 0. The van der Waals surface area contributed by atoms with Gasteiger partial charge in [-0.3, -0.25) is 4.79 Å². The lowest BCUT2D eigenvalue weighted by atomic mass is 10.0. The maximum absolute atomic E-state index is 11.7. The van der Waals surface area contributed by atoms with Crippen molar-refractivity contribution in [2.75, 3.05) is 0 Å². The van der Waals surface area contributed by atoms with E-state index in [1.807, 2.05) is 12.1 Å². The summed E-state index contributed by atoms with van der Waals surface area (Å²) in [6.07, 6.45) is 1.39. The van der Waals surface area contributed by atoms with Crippen LogP contribution in [0.3, 0.4) is 0 Å². The van der Waals surface area contributed by atoms with Crippen molar-refractivity contribution in [2.24, 2.45) is 0 Å². The molecule has 88 valence electrons. The van der Waals surface area contributed by atoms with Gasteiger partial charge in [0.2, 0.25) is 0 Å². The molecule has 3 aromatic rings. The molecule has 3 rings (SSSR count). The van der Waals surface area contributed by atoms with E-state index in [9.17, 15) is 9.90 Å². The minimum absolute atomic E-state index is 0.165. The van der Waals surface area contributed by atoms with E-state index in [0.29, 0.717) is 10.9 Å². The van der Waals surface area contributed by atoms with Crippen LogP contribution in [0.5, 0.6) is 5.75 Å². The van der Waals surface area contributed by atoms with E-state index < -0.39 is 0 Å². The molecule has 1 heterocycles. The second-order valence-electron chi connectivity index (χ2n) is 4.01. The van der Waals surface area contributed by atoms with Gasteiger partial charge in [-0.15, -0.1) is 0 Å². The molecule has 0 atom stereocenters. The van der Waals surface area contributed by atoms with Gasteiger partial charge in [0.05, 0.1) is 17.2 Å². The van der Waals surface area contributed by atoms with Crippen molar-refractivity contribution in [1.29, 1.82) is 0 Å². The van der Waals surface area contributed by atoms with Crippen molar-refractivity contribution in [3.63, 3.8) is 0 Å². The van der Waals surface area contributed by atoms with Gasteiger partial charge in [0.25, 0.3) is 5.56 Å². The summed E-state index contributed by atoms with van der Waals surface area (Å²) in [4.78, 5) is 18.3. The van der Waals surface area contributed by atoms with Gasteiger partial charge in [-0.1, -0.05) is 18.2 Å². The van der Waals surface area contributed by atoms with Gasteiger partial charge < -0.3 is 10.1 Å². The summed E-state index contributed by atoms with van der Waals surface area (Å²) in [5.41, 5.74) is 2.22. The third-order valence-electron chi connectivity index (χ3n) is 2.82. The molecular formula is C14H10N2O2. The number of nitrogens with one attached hydrogen (secondary N) is 1. The Labute approximate surface area is 103 Å². The van der Waals surface area contributed by atoms with Crippen LogP contribution in [0, 0.1) is 0 Å². The number of benzene rings is 2. The summed E-state index contributed by atoms with van der Waals surface area (Å²) in [7, 11) is 0. The van der Waals surface area contributed by atoms with Gasteiger partial charge in [-0.25, -0.2) is 4.98 Å². The zero-order valence-corrected chi connectivity index (χ0v) is 9.42. The van der Waals surface area contributed by atoms with Gasteiger partial charge in [-0.05, 0) is 35.4 Å². The fourth-order valence-electron chi connectivity index (χ4n) is 1.93. The minimum Gasteiger partial charge on any atom is -0.508 e. The molecule has 2 aromatic carbocycles. The fourth-order valence-corrected chi connectivity index (χ4v) is 1.93. The van der Waals surface area contributed by atoms with Crippen LogP contribution >= 0.6 is 0 Å². The first-order valence-corrected chi connectivity index (χ1v) is 5.51. The highest BCUT2D eigenvalue weighted by Gasteiger charge is 2.03. The van der Waals surface area contributed by atoms with Crippen LogP contribution < -0.4 is 5.56 Å². The van der Waals surface area contributed by atoms with Gasteiger partial charge in [0, 0.05) is 0 Å². The van der Waals surface area contributed by atoms with Crippen molar-refractivity contribution in [3.05, 3.63) is 59.1 Å². The summed E-state index contributed by atoms with van der Waals surface area (Å²) in [5, 5.41) is 10.0. The maximum Gasteiger partial charge on any atom is 0.258 e. The average Bonchev–Trinajstić information content (AvgIpc) is 2.39. The standard InChI is InChI=1S/C14H10N2O2/c17-11-3-1-2-9(6-11)10-4-5-13-12(7-10)14(18)16-8-15-13/h1-8,17H,(H,15,16,18). The highest BCUT2D eigenvalue weighted by Crippen LogP contribution is 2.24. The molecule has 0 saturated carbocycles. The van der Waals surface area contributed by atoms with Crippen LogP contribution in [0.25, 0.3) is 22.0 Å². The zero-order valence-electron chi connectivity index (χ0n) is 9.42. The molecule has 0 radical (unpaired) electrons. The molecule has 0 aliphatic rings. The average molecular weight is 238 g/mol. The number of rotatable bonds is 1. The van der Waals surface area contributed by atoms with Crippen molar-refractivity contribution in [3.8, 4) is 16.9 Å². The smallest absolute Gasteiger partial charge is 0.258 e. The normalized spacial score (nSPS) is 10.7. The lowest BCUT2D eigenvalue weighted by molar-refractivity contribution is 0.475. The maximum atomic E-state index is 11.7. The van der Waals surface area contributed by atoms with E-state index in [2.05, 4.69) is 9.97 Å². The van der Waals surface area contributed by atoms with Crippen molar-refractivity contribution >= 4 is 10.9 Å². The van der Waals surface area contributed by atoms with E-state index in [-0.39, 0.29) is 11.3 Å². The molecule has 0 bridgehead atoms. The zero-order chi connectivity index (χ0) is 12.5. The number of phenols is 1. The number of aromatic hydroxyl groups is 1. The molecule has 0 spiro atoms. The number of hydrogen-bond acceptors (Lipinski definition) is 3. The van der Waals surface area contributed by atoms with E-state index >= 15 is 0 Å². The second kappa shape index (κ2) is 4.00. The first-order chi connectivity index (χ1) is 8.74. The van der Waals surface area contributed by atoms with Gasteiger partial charge in [-0.2, -0.15) is 0 Å². The molecule has 0 amide bonds. The van der Waals surface area contributed by atoms with Crippen molar-refractivity contribution in [1.82, 2.24) is 9.97 Å². The van der Waals surface area contributed by atoms with E-state index in [1.54, 1.807) is 30.3 Å². The third-order valence-corrected chi connectivity index (χ3v) is 2.82. The Morgan fingerprint density at radius 2 is 1.89 bits per heavy atom. The Bertz CT molecular complexity index is 778. The van der Waals surface area contributed by atoms with Crippen LogP contribution in [-0.2, 0) is 0 Å². The molecule has 0 aliphatic heterocycles. The van der Waals surface area contributed by atoms with Gasteiger partial charge >= 0.3 is 0 Å². The summed E-state index contributed by atoms with van der Waals surface area (Å²) in [6.45, 7) is 0. The van der Waals surface area contributed by atoms with E-state index in [4.69, 9.17) is 0 Å². The molecule has 0 unspecified atom stereocenters. The summed E-state index contributed by atoms with van der Waals surface area (Å²) in [5.74, 6) is 0.202. The Morgan fingerprint density at radius 1 is 1.06 bits per heavy atom. The number of phenolic OH excluding ortho intramolecular Hbond substituents is 1. The largest absolute Gasteiger partial charge is 0.508 e. The monoisotopic (exact) mass is 238 g/mol. The fraction of sp³-hybridized carbons (Fsp3) is 0. The summed E-state index contributed by atoms with van der Waals surface area (Å²) in [6, 6.07) is 12.4. The lowest BCUT2D eigenvalue weighted by Gasteiger charge is -2.03. The highest BCUT2D eigenvalue weighted by atomic mass is 16.3. The first kappa shape index (κ1) is 10.5. The first-order valence-electron chi connectivity index (χ1n) is 5.51. The van der Waals surface area contributed by atoms with Crippen LogP contribution in [0.15, 0.2) is 53.6 Å². The van der Waals surface area contributed by atoms with Crippen LogP contribution in [0.4, 0.5) is 0 Å². The quantitative estimate of drug-likeness (QED) is 0.683. The SMILES string of the molecule is O=c1[nH]cnc2ccc(-c3cccc(O)c3)cc12. The molecule has 2 N–H and O–H groups in total. The molecule has 0 aliphatic carbocycles. The number of aromatic amines is 1. The second-order valence-corrected chi connectivity index (χ2v) is 4.01. The number of fused-ring (bicyclic) bond motifs is 1. The number of nitrogens with zero attached hydrogens (tertiary/aromatic N) is 1. The van der Waals surface area contributed by atoms with Crippen molar-refractivity contribution < 1.29 is 5.11 Å². The predicted octanol–water partition coefficient (Wildman–Crippen LogP) is 2.30. The molecule has 0 saturated heterocycles. The van der Waals surface area contributed by atoms with Gasteiger partial charge in [0.15, 0.2) is 0 Å². The Balaban J connectivity index is 2.25. The highest BCUT2D eigenvalue weighted by molar-refractivity contribution is 5.83. The number of hydrogen-bond donors (Lipinski definition) is 2. The lowest BCUT2D eigenvalue weighted by Crippen LogP contribution is -2.05. The van der Waals surface area contributed by atoms with Crippen LogP contribution in [-0.4, -0.2) is 15.1 Å². The Morgan fingerprint density at radius 3 is 2.72 bits per heavy atom. The number of aromatic nitrogens is 2. The van der Waals surface area contributed by atoms with Crippen LogP contribution in [0.1, 0.15) is 0 Å². The number of H-pyrrole nitrogens is 1. The van der Waals surface area contributed by atoms with E-state index in [0.717, 1.165) is 11.1 Å². The molecule has 0 fully saturated rings. The summed E-state index contributed by atoms with van der Waals surface area (Å²) >= 11 is 0. The molecule has 4 heteroatoms. The van der Waals surface area contributed by atoms with E-state index in [1.165, 1.54) is 6.33 Å². The molecule has 4 nitrogen and oxygen atoms in total. The molecule has 1 aromatic heterocycles. The minimum atomic E-state index is -0.165. The van der Waals surface area contributed by atoms with Gasteiger partial charge in [0.1, 0.15) is 5.75 Å². The molecular weight excluding hydrogens is 228 g/mol. The Hall–Kier alpha value is -2.62. The van der Waals surface area contributed by atoms with Crippen molar-refractivity contribution in [2.45, 2.75) is 0 Å². The van der Waals surface area contributed by atoms with Crippen LogP contribution in [0.2, 0.25) is 0 Å². The topological polar surface area (TPSA) is 66.0 Å². The predicted molar refractivity (Wildman–Crippen MR) is 69.5 cm³/mol. The third kappa shape index (κ3) is 1.73. The Kier molecular flexibility index (Phi) is 2.34. The molecule has 18 heavy (non-hydrogen) atoms.